The summed E-state index contributed by atoms with van der Waals surface area (Å²) in [6.07, 6.45) is 0.681. The van der Waals surface area contributed by atoms with E-state index in [-0.39, 0.29) is 0 Å². The Morgan fingerprint density at radius 2 is 1.94 bits per heavy atom. The summed E-state index contributed by atoms with van der Waals surface area (Å²) in [6.45, 7) is 5.05. The number of carbonyl (C=O) groups is 2. The highest BCUT2D eigenvalue weighted by Gasteiger charge is 2.22. The van der Waals surface area contributed by atoms with Gasteiger partial charge in [-0.2, -0.15) is 5.26 Å². The summed E-state index contributed by atoms with van der Waals surface area (Å²) in [6, 6.07) is 14.5. The maximum atomic E-state index is 12.5. The van der Waals surface area contributed by atoms with Gasteiger partial charge in [0.25, 0.3) is 5.91 Å². The van der Waals surface area contributed by atoms with Gasteiger partial charge in [0.15, 0.2) is 12.7 Å². The molecule has 0 unspecified atom stereocenters. The quantitative estimate of drug-likeness (QED) is 0.557. The number of furan rings is 1. The number of hydrogen-bond acceptors (Lipinski definition) is 6. The van der Waals surface area contributed by atoms with Crippen molar-refractivity contribution >= 4 is 17.7 Å². The second-order valence-corrected chi connectivity index (χ2v) is 6.94. The number of amides is 1. The molecule has 0 spiro atoms. The SMILES string of the molecule is Cc1c(C#N)c(NC(=O)COC(=O)[C@H](C)Oc2ccccc2)n(Cc2ccco2)c1C. The van der Waals surface area contributed by atoms with Crippen molar-refractivity contribution in [3.05, 3.63) is 71.3 Å². The van der Waals surface area contributed by atoms with Crippen LogP contribution in [0.25, 0.3) is 0 Å². The van der Waals surface area contributed by atoms with Crippen LogP contribution in [-0.4, -0.2) is 29.2 Å². The number of anilines is 1. The molecule has 3 aromatic rings. The van der Waals surface area contributed by atoms with Crippen molar-refractivity contribution in [3.63, 3.8) is 0 Å². The number of esters is 1. The van der Waals surface area contributed by atoms with E-state index in [1.165, 1.54) is 0 Å². The Labute approximate surface area is 180 Å². The van der Waals surface area contributed by atoms with Gasteiger partial charge in [0.1, 0.15) is 23.4 Å². The number of para-hydroxylation sites is 1. The zero-order chi connectivity index (χ0) is 22.4. The van der Waals surface area contributed by atoms with Gasteiger partial charge in [0, 0.05) is 5.69 Å². The van der Waals surface area contributed by atoms with Gasteiger partial charge in [0.05, 0.1) is 18.4 Å². The van der Waals surface area contributed by atoms with Crippen LogP contribution in [0.4, 0.5) is 5.82 Å². The standard InChI is InChI=1S/C23H23N3O5/c1-15-16(2)26(13-19-10-7-11-29-19)22(20(15)12-24)25-21(27)14-30-23(28)17(3)31-18-8-5-4-6-9-18/h4-11,17H,13-14H2,1-3H3,(H,25,27)/t17-/m0/s1. The minimum atomic E-state index is -0.878. The lowest BCUT2D eigenvalue weighted by molar-refractivity contribution is -0.153. The zero-order valence-corrected chi connectivity index (χ0v) is 17.5. The topological polar surface area (TPSA) is 106 Å². The van der Waals surface area contributed by atoms with Crippen molar-refractivity contribution in [2.75, 3.05) is 11.9 Å². The average Bonchev–Trinajstić information content (AvgIpc) is 3.35. The summed E-state index contributed by atoms with van der Waals surface area (Å²) < 4.78 is 17.8. The normalized spacial score (nSPS) is 11.4. The third-order valence-electron chi connectivity index (χ3n) is 4.83. The van der Waals surface area contributed by atoms with E-state index in [0.717, 1.165) is 11.3 Å². The second-order valence-electron chi connectivity index (χ2n) is 6.94. The van der Waals surface area contributed by atoms with Gasteiger partial charge >= 0.3 is 5.97 Å². The lowest BCUT2D eigenvalue weighted by Gasteiger charge is -2.15. The van der Waals surface area contributed by atoms with Crippen LogP contribution in [0.1, 0.15) is 29.5 Å². The number of ether oxygens (including phenoxy) is 2. The molecule has 0 aliphatic carbocycles. The molecule has 0 bridgehead atoms. The van der Waals surface area contributed by atoms with Crippen LogP contribution < -0.4 is 10.1 Å². The first-order chi connectivity index (χ1) is 14.9. The fraction of sp³-hybridized carbons (Fsp3) is 0.261. The highest BCUT2D eigenvalue weighted by molar-refractivity contribution is 5.94. The fourth-order valence-electron chi connectivity index (χ4n) is 3.06. The molecule has 0 saturated heterocycles. The van der Waals surface area contributed by atoms with Crippen LogP contribution in [0.15, 0.2) is 53.1 Å². The summed E-state index contributed by atoms with van der Waals surface area (Å²) in [5, 5.41) is 12.3. The third-order valence-corrected chi connectivity index (χ3v) is 4.83. The van der Waals surface area contributed by atoms with Gasteiger partial charge in [-0.05, 0) is 50.6 Å². The molecule has 8 nitrogen and oxygen atoms in total. The highest BCUT2D eigenvalue weighted by Crippen LogP contribution is 2.27. The number of aromatic nitrogens is 1. The third kappa shape index (κ3) is 5.14. The molecule has 0 fully saturated rings. The Kier molecular flexibility index (Phi) is 6.78. The lowest BCUT2D eigenvalue weighted by atomic mass is 10.2. The number of benzene rings is 1. The molecule has 160 valence electrons. The molecule has 0 radical (unpaired) electrons. The summed E-state index contributed by atoms with van der Waals surface area (Å²) in [7, 11) is 0. The molecule has 1 N–H and O–H groups in total. The summed E-state index contributed by atoms with van der Waals surface area (Å²) >= 11 is 0. The van der Waals surface area contributed by atoms with E-state index in [1.54, 1.807) is 48.1 Å². The largest absolute Gasteiger partial charge is 0.479 e. The van der Waals surface area contributed by atoms with E-state index in [9.17, 15) is 14.9 Å². The smallest absolute Gasteiger partial charge is 0.347 e. The molecular formula is C23H23N3O5. The average molecular weight is 421 g/mol. The van der Waals surface area contributed by atoms with Crippen molar-refractivity contribution in [1.29, 1.82) is 5.26 Å². The predicted molar refractivity (Wildman–Crippen MR) is 113 cm³/mol. The number of carbonyl (C=O) groups excluding carboxylic acids is 2. The Balaban J connectivity index is 1.65. The van der Waals surface area contributed by atoms with Crippen LogP contribution >= 0.6 is 0 Å². The first-order valence-electron chi connectivity index (χ1n) is 9.71. The number of hydrogen-bond donors (Lipinski definition) is 1. The predicted octanol–water partition coefficient (Wildman–Crippen LogP) is 3.57. The molecule has 2 aromatic heterocycles. The van der Waals surface area contributed by atoms with Gasteiger partial charge in [-0.25, -0.2) is 4.79 Å². The molecule has 1 atom stereocenters. The Bertz CT molecular complexity index is 1090. The Hall–Kier alpha value is -3.99. The number of nitrogens with zero attached hydrogens (tertiary/aromatic N) is 2. The van der Waals surface area contributed by atoms with Crippen molar-refractivity contribution in [3.8, 4) is 11.8 Å². The Morgan fingerprint density at radius 3 is 2.58 bits per heavy atom. The first-order valence-corrected chi connectivity index (χ1v) is 9.71. The van der Waals surface area contributed by atoms with Gasteiger partial charge in [-0.3, -0.25) is 4.79 Å². The van der Waals surface area contributed by atoms with Crippen molar-refractivity contribution in [2.45, 2.75) is 33.4 Å². The van der Waals surface area contributed by atoms with Crippen LogP contribution in [0.2, 0.25) is 0 Å². The molecule has 0 aliphatic heterocycles. The second kappa shape index (κ2) is 9.67. The van der Waals surface area contributed by atoms with Crippen LogP contribution in [0.5, 0.6) is 5.75 Å². The van der Waals surface area contributed by atoms with Gasteiger partial charge in [-0.15, -0.1) is 0 Å². The molecule has 3 rings (SSSR count). The van der Waals surface area contributed by atoms with E-state index in [4.69, 9.17) is 13.9 Å². The zero-order valence-electron chi connectivity index (χ0n) is 17.5. The van der Waals surface area contributed by atoms with Gasteiger partial charge in [0.2, 0.25) is 0 Å². The number of nitrogens with one attached hydrogen (secondary N) is 1. The minimum absolute atomic E-state index is 0.337. The number of rotatable bonds is 8. The highest BCUT2D eigenvalue weighted by atomic mass is 16.6. The summed E-state index contributed by atoms with van der Waals surface area (Å²) in [5.41, 5.74) is 1.93. The molecule has 31 heavy (non-hydrogen) atoms. The molecule has 1 aromatic carbocycles. The molecule has 2 heterocycles. The minimum Gasteiger partial charge on any atom is -0.479 e. The lowest BCUT2D eigenvalue weighted by Crippen LogP contribution is -2.30. The van der Waals surface area contributed by atoms with Crippen LogP contribution in [0.3, 0.4) is 0 Å². The van der Waals surface area contributed by atoms with Gasteiger partial charge in [-0.1, -0.05) is 18.2 Å². The van der Waals surface area contributed by atoms with Crippen molar-refractivity contribution in [1.82, 2.24) is 4.57 Å². The van der Waals surface area contributed by atoms with Crippen LogP contribution in [-0.2, 0) is 20.9 Å². The molecule has 1 amide bonds. The maximum absolute atomic E-state index is 12.5. The van der Waals surface area contributed by atoms with E-state index < -0.39 is 24.6 Å². The van der Waals surface area contributed by atoms with E-state index in [1.807, 2.05) is 26.0 Å². The van der Waals surface area contributed by atoms with Gasteiger partial charge < -0.3 is 23.8 Å². The fourth-order valence-corrected chi connectivity index (χ4v) is 3.06. The summed E-state index contributed by atoms with van der Waals surface area (Å²) in [4.78, 5) is 24.6. The molecular weight excluding hydrogens is 398 g/mol. The van der Waals surface area contributed by atoms with E-state index in [2.05, 4.69) is 11.4 Å². The molecule has 0 saturated carbocycles. The van der Waals surface area contributed by atoms with E-state index >= 15 is 0 Å². The monoisotopic (exact) mass is 421 g/mol. The maximum Gasteiger partial charge on any atom is 0.347 e. The summed E-state index contributed by atoms with van der Waals surface area (Å²) in [5.74, 6) is 0.310. The van der Waals surface area contributed by atoms with Crippen molar-refractivity contribution in [2.24, 2.45) is 0 Å². The first kappa shape index (κ1) is 21.7. The molecule has 8 heteroatoms. The van der Waals surface area contributed by atoms with E-state index in [0.29, 0.717) is 29.4 Å². The van der Waals surface area contributed by atoms with Crippen molar-refractivity contribution < 1.29 is 23.5 Å². The number of nitriles is 1. The Morgan fingerprint density at radius 1 is 1.19 bits per heavy atom. The van der Waals surface area contributed by atoms with Crippen LogP contribution in [0, 0.1) is 25.2 Å². The molecule has 0 aliphatic rings.